The van der Waals surface area contributed by atoms with Gasteiger partial charge in [-0.3, -0.25) is 23.7 Å². The number of hydrogen-bond acceptors (Lipinski definition) is 8. The molecule has 0 spiro atoms. The summed E-state index contributed by atoms with van der Waals surface area (Å²) in [4.78, 5) is 55.6. The van der Waals surface area contributed by atoms with E-state index in [1.54, 1.807) is 42.5 Å². The molecule has 2 aliphatic rings. The largest absolute Gasteiger partial charge is 0.493 e. The molecule has 0 aliphatic carbocycles. The summed E-state index contributed by atoms with van der Waals surface area (Å²) >= 11 is 1.89. The Balaban J connectivity index is 1.41. The van der Waals surface area contributed by atoms with E-state index in [4.69, 9.17) is 9.47 Å². The molecule has 3 heterocycles. The molecule has 1 fully saturated rings. The maximum absolute atomic E-state index is 14.1. The number of thiazole rings is 1. The zero-order chi connectivity index (χ0) is 32.9. The van der Waals surface area contributed by atoms with E-state index in [1.165, 1.54) is 30.9 Å². The normalized spacial score (nSPS) is 19.1. The van der Waals surface area contributed by atoms with Crippen molar-refractivity contribution in [3.05, 3.63) is 98.0 Å². The van der Waals surface area contributed by atoms with Crippen LogP contribution >= 0.6 is 23.1 Å². The first-order valence-corrected chi connectivity index (χ1v) is 15.6. The number of methoxy groups -OCH3 is 2. The minimum Gasteiger partial charge on any atom is -0.493 e. The average molecular weight is 670 g/mol. The van der Waals surface area contributed by atoms with Crippen molar-refractivity contribution in [3.63, 3.8) is 0 Å². The highest BCUT2D eigenvalue weighted by Gasteiger charge is 2.57. The molecule has 46 heavy (non-hydrogen) atoms. The summed E-state index contributed by atoms with van der Waals surface area (Å²) in [7, 11) is 2.95. The van der Waals surface area contributed by atoms with Gasteiger partial charge in [-0.25, -0.2) is 4.90 Å². The van der Waals surface area contributed by atoms with E-state index in [-0.39, 0.29) is 5.69 Å². The summed E-state index contributed by atoms with van der Waals surface area (Å²) in [6, 6.07) is 16.3. The van der Waals surface area contributed by atoms with Crippen LogP contribution in [0.15, 0.2) is 76.6 Å². The van der Waals surface area contributed by atoms with Crippen LogP contribution in [0.25, 0.3) is 0 Å². The van der Waals surface area contributed by atoms with Gasteiger partial charge in [-0.15, -0.1) is 0 Å². The molecule has 0 saturated carbocycles. The summed E-state index contributed by atoms with van der Waals surface area (Å²) in [5, 5.41) is 1.84. The zero-order valence-electron chi connectivity index (χ0n) is 24.6. The van der Waals surface area contributed by atoms with Crippen LogP contribution < -0.4 is 24.6 Å². The number of thioether (sulfide) groups is 1. The van der Waals surface area contributed by atoms with E-state index in [0.717, 1.165) is 45.7 Å². The summed E-state index contributed by atoms with van der Waals surface area (Å²) in [5.41, 5.74) is 0.953. The maximum atomic E-state index is 14.1. The summed E-state index contributed by atoms with van der Waals surface area (Å²) in [6.07, 6.45) is -4.60. The number of imide groups is 1. The molecular formula is C32H26F3N3O6S2. The molecule has 2 aliphatic heterocycles. The second-order valence-electron chi connectivity index (χ2n) is 10.8. The van der Waals surface area contributed by atoms with Crippen LogP contribution in [-0.2, 0) is 27.1 Å². The van der Waals surface area contributed by atoms with Crippen molar-refractivity contribution in [1.29, 1.82) is 0 Å². The summed E-state index contributed by atoms with van der Waals surface area (Å²) in [6.45, 7) is 1.37. The molecule has 4 aromatic rings. The van der Waals surface area contributed by atoms with Crippen molar-refractivity contribution in [2.24, 2.45) is 5.92 Å². The van der Waals surface area contributed by atoms with Crippen LogP contribution in [0.5, 0.6) is 11.5 Å². The highest BCUT2D eigenvalue weighted by molar-refractivity contribution is 8.00. The molecule has 1 N–H and O–H groups in total. The Morgan fingerprint density at radius 1 is 0.935 bits per heavy atom. The second kappa shape index (κ2) is 12.0. The molecule has 3 amide bonds. The fraction of sp³-hybridized carbons (Fsp3) is 0.250. The molecular weight excluding hydrogens is 643 g/mol. The molecule has 14 heteroatoms. The van der Waals surface area contributed by atoms with Crippen molar-refractivity contribution in [1.82, 2.24) is 4.57 Å². The van der Waals surface area contributed by atoms with Gasteiger partial charge in [-0.2, -0.15) is 13.2 Å². The van der Waals surface area contributed by atoms with Gasteiger partial charge in [0.25, 0.3) is 0 Å². The lowest BCUT2D eigenvalue weighted by Gasteiger charge is -2.31. The quantitative estimate of drug-likeness (QED) is 0.252. The number of halogens is 3. The lowest BCUT2D eigenvalue weighted by atomic mass is 9.83. The molecule has 3 atom stereocenters. The summed E-state index contributed by atoms with van der Waals surface area (Å²) in [5.74, 6) is -2.42. The van der Waals surface area contributed by atoms with Crippen molar-refractivity contribution in [3.8, 4) is 11.5 Å². The SMILES string of the molecule is COc1ccc(C2c3sc(=O)n(CC(=O)Nc4cccc(C(F)(F)F)c4)c3SC3C(=O)N(c4ccc(C)cc4)C(=O)C32)cc1OC. The number of nitrogens with zero attached hydrogens (tertiary/aromatic N) is 2. The number of amides is 3. The number of nitrogens with one attached hydrogen (secondary N) is 1. The smallest absolute Gasteiger partial charge is 0.416 e. The fourth-order valence-electron chi connectivity index (χ4n) is 5.73. The number of alkyl halides is 3. The number of anilines is 2. The van der Waals surface area contributed by atoms with Crippen LogP contribution in [0.4, 0.5) is 24.5 Å². The third kappa shape index (κ3) is 5.55. The number of ether oxygens (including phenoxy) is 2. The Labute approximate surface area is 268 Å². The molecule has 6 rings (SSSR count). The number of hydrogen-bond donors (Lipinski definition) is 1. The predicted molar refractivity (Wildman–Crippen MR) is 167 cm³/mol. The summed E-state index contributed by atoms with van der Waals surface area (Å²) < 4.78 is 51.7. The number of benzene rings is 3. The lowest BCUT2D eigenvalue weighted by Crippen LogP contribution is -2.33. The van der Waals surface area contributed by atoms with Crippen molar-refractivity contribution >= 4 is 52.2 Å². The van der Waals surface area contributed by atoms with E-state index >= 15 is 0 Å². The van der Waals surface area contributed by atoms with Gasteiger partial charge in [0, 0.05) is 16.5 Å². The highest BCUT2D eigenvalue weighted by Crippen LogP contribution is 2.54. The molecule has 0 radical (unpaired) electrons. The number of fused-ring (bicyclic) bond motifs is 2. The first kappa shape index (κ1) is 31.4. The minimum absolute atomic E-state index is 0.0850. The first-order valence-electron chi connectivity index (χ1n) is 13.9. The lowest BCUT2D eigenvalue weighted by molar-refractivity contribution is -0.137. The van der Waals surface area contributed by atoms with Crippen LogP contribution in [0, 0.1) is 12.8 Å². The van der Waals surface area contributed by atoms with Crippen LogP contribution in [0.3, 0.4) is 0 Å². The van der Waals surface area contributed by atoms with Gasteiger partial charge in [0.15, 0.2) is 11.5 Å². The predicted octanol–water partition coefficient (Wildman–Crippen LogP) is 5.69. The number of aryl methyl sites for hydroxylation is 1. The molecule has 9 nitrogen and oxygen atoms in total. The standard InChI is InChI=1S/C32H26F3N3O6S2/c1-16-7-10-20(11-8-16)38-28(40)25-24(17-9-12-21(43-2)22(13-17)44-3)27-30(45-26(25)29(38)41)37(31(42)46-27)15-23(39)36-19-6-4-5-18(14-19)32(33,34)35/h4-14,24-26H,15H2,1-3H3,(H,36,39). The highest BCUT2D eigenvalue weighted by atomic mass is 32.2. The molecule has 0 bridgehead atoms. The van der Waals surface area contributed by atoms with Gasteiger partial charge >= 0.3 is 11.0 Å². The Hall–Kier alpha value is -4.56. The van der Waals surface area contributed by atoms with Gasteiger partial charge in [0.1, 0.15) is 11.8 Å². The Bertz CT molecular complexity index is 1920. The van der Waals surface area contributed by atoms with Crippen LogP contribution in [-0.4, -0.2) is 41.8 Å². The Kier molecular flexibility index (Phi) is 8.19. The van der Waals surface area contributed by atoms with Crippen LogP contribution in [0.1, 0.15) is 27.5 Å². The fourth-order valence-corrected chi connectivity index (χ4v) is 8.50. The molecule has 1 saturated heterocycles. The van der Waals surface area contributed by atoms with Gasteiger partial charge in [0.2, 0.25) is 17.7 Å². The molecule has 3 aromatic carbocycles. The third-order valence-electron chi connectivity index (χ3n) is 7.88. The minimum atomic E-state index is -4.60. The Morgan fingerprint density at radius 2 is 1.65 bits per heavy atom. The van der Waals surface area contributed by atoms with Crippen LogP contribution in [0.2, 0.25) is 0 Å². The monoisotopic (exact) mass is 669 g/mol. The van der Waals surface area contributed by atoms with E-state index in [1.807, 2.05) is 6.92 Å². The topological polar surface area (TPSA) is 107 Å². The molecule has 3 unspecified atom stereocenters. The Morgan fingerprint density at radius 3 is 2.33 bits per heavy atom. The zero-order valence-corrected chi connectivity index (χ0v) is 26.2. The van der Waals surface area contributed by atoms with Gasteiger partial charge in [-0.05, 0) is 55.0 Å². The van der Waals surface area contributed by atoms with E-state index in [2.05, 4.69) is 5.32 Å². The van der Waals surface area contributed by atoms with E-state index in [0.29, 0.717) is 32.7 Å². The third-order valence-corrected chi connectivity index (χ3v) is 10.5. The maximum Gasteiger partial charge on any atom is 0.416 e. The second-order valence-corrected chi connectivity index (χ2v) is 12.9. The van der Waals surface area contributed by atoms with E-state index in [9.17, 15) is 32.3 Å². The number of carbonyl (C=O) groups is 3. The molecule has 238 valence electrons. The number of rotatable bonds is 7. The van der Waals surface area contributed by atoms with Crippen molar-refractivity contribution < 1.29 is 37.0 Å². The van der Waals surface area contributed by atoms with Gasteiger partial charge in [-0.1, -0.05) is 52.9 Å². The first-order chi connectivity index (χ1) is 21.9. The van der Waals surface area contributed by atoms with Gasteiger partial charge in [0.05, 0.1) is 36.4 Å². The molecule has 1 aromatic heterocycles. The number of carbonyl (C=O) groups excluding carboxylic acids is 3. The average Bonchev–Trinajstić information content (AvgIpc) is 3.47. The van der Waals surface area contributed by atoms with E-state index < -0.39 is 58.0 Å². The van der Waals surface area contributed by atoms with Crippen molar-refractivity contribution in [2.45, 2.75) is 35.8 Å². The van der Waals surface area contributed by atoms with Gasteiger partial charge < -0.3 is 14.8 Å². The number of aromatic nitrogens is 1. The van der Waals surface area contributed by atoms with Crippen molar-refractivity contribution in [2.75, 3.05) is 24.4 Å².